The van der Waals surface area contributed by atoms with Crippen LogP contribution in [0.25, 0.3) is 0 Å². The second-order valence-electron chi connectivity index (χ2n) is 6.38. The molecule has 1 heterocycles. The lowest BCUT2D eigenvalue weighted by Crippen LogP contribution is -2.36. The van der Waals surface area contributed by atoms with Gasteiger partial charge in [-0.25, -0.2) is 14.2 Å². The predicted octanol–water partition coefficient (Wildman–Crippen LogP) is 3.87. The highest BCUT2D eigenvalue weighted by molar-refractivity contribution is 6.24. The Morgan fingerprint density at radius 1 is 1.10 bits per heavy atom. The van der Waals surface area contributed by atoms with Gasteiger partial charge in [0, 0.05) is 5.70 Å². The summed E-state index contributed by atoms with van der Waals surface area (Å²) in [6, 6.07) is 13.0. The van der Waals surface area contributed by atoms with Crippen molar-refractivity contribution in [1.29, 1.82) is 0 Å². The molecule has 1 amide bonds. The van der Waals surface area contributed by atoms with Crippen LogP contribution in [0.5, 0.6) is 0 Å². The maximum Gasteiger partial charge on any atom is 0.343 e. The van der Waals surface area contributed by atoms with Gasteiger partial charge in [-0.3, -0.25) is 4.79 Å². The van der Waals surface area contributed by atoms with Gasteiger partial charge in [-0.15, -0.1) is 0 Å². The molecule has 6 nitrogen and oxygen atoms in total. The average molecular weight is 395 g/mol. The van der Waals surface area contributed by atoms with Gasteiger partial charge in [0.2, 0.25) is 5.91 Å². The van der Waals surface area contributed by atoms with Gasteiger partial charge < -0.3 is 15.4 Å². The smallest absolute Gasteiger partial charge is 0.343 e. The summed E-state index contributed by atoms with van der Waals surface area (Å²) in [5, 5.41) is 5.96. The molecule has 3 rings (SSSR count). The summed E-state index contributed by atoms with van der Waals surface area (Å²) >= 11 is 0. The van der Waals surface area contributed by atoms with E-state index in [1.54, 1.807) is 25.1 Å². The number of allylic oxidation sites excluding steroid dienone is 1. The van der Waals surface area contributed by atoms with Gasteiger partial charge >= 0.3 is 5.97 Å². The summed E-state index contributed by atoms with van der Waals surface area (Å²) in [6.07, 6.45) is 0.529. The maximum absolute atomic E-state index is 13.1. The molecule has 29 heavy (non-hydrogen) atoms. The third-order valence-electron chi connectivity index (χ3n) is 4.33. The first kappa shape index (κ1) is 20.3. The fraction of sp³-hybridized carbons (Fsp3) is 0.227. The van der Waals surface area contributed by atoms with Crippen LogP contribution in [0.1, 0.15) is 25.8 Å². The third-order valence-corrected chi connectivity index (χ3v) is 4.33. The molecule has 0 aromatic heterocycles. The minimum atomic E-state index is -0.564. The molecule has 0 saturated carbocycles. The maximum atomic E-state index is 13.1. The minimum Gasteiger partial charge on any atom is -0.462 e. The summed E-state index contributed by atoms with van der Waals surface area (Å²) < 4.78 is 18.3. The summed E-state index contributed by atoms with van der Waals surface area (Å²) in [7, 11) is 0. The zero-order chi connectivity index (χ0) is 20.8. The van der Waals surface area contributed by atoms with Crippen molar-refractivity contribution >= 4 is 29.1 Å². The molecule has 0 unspecified atom stereocenters. The van der Waals surface area contributed by atoms with E-state index in [4.69, 9.17) is 4.74 Å². The van der Waals surface area contributed by atoms with Gasteiger partial charge in [-0.05, 0) is 43.2 Å². The quantitative estimate of drug-likeness (QED) is 0.754. The van der Waals surface area contributed by atoms with Crippen LogP contribution in [0.15, 0.2) is 64.8 Å². The Labute approximate surface area is 168 Å². The number of benzene rings is 2. The van der Waals surface area contributed by atoms with Crippen LogP contribution in [0.4, 0.5) is 15.8 Å². The molecule has 1 aliphatic rings. The molecule has 0 bridgehead atoms. The van der Waals surface area contributed by atoms with Gasteiger partial charge in [-0.1, -0.05) is 31.2 Å². The number of hydrogen-bond donors (Lipinski definition) is 2. The predicted molar refractivity (Wildman–Crippen MR) is 109 cm³/mol. The highest BCUT2D eigenvalue weighted by Crippen LogP contribution is 2.31. The highest BCUT2D eigenvalue weighted by Gasteiger charge is 2.27. The number of carbonyl (C=O) groups excluding carboxylic acids is 2. The zero-order valence-corrected chi connectivity index (χ0v) is 16.3. The number of amidine groups is 1. The van der Waals surface area contributed by atoms with E-state index >= 15 is 0 Å². The topological polar surface area (TPSA) is 79.8 Å². The number of halogens is 1. The molecule has 0 atom stereocenters. The van der Waals surface area contributed by atoms with Crippen LogP contribution in [0.3, 0.4) is 0 Å². The summed E-state index contributed by atoms with van der Waals surface area (Å²) in [5.41, 5.74) is 2.77. The number of aliphatic imine (C=N–C) groups is 1. The number of esters is 1. The Kier molecular flexibility index (Phi) is 6.39. The van der Waals surface area contributed by atoms with E-state index in [1.807, 2.05) is 25.1 Å². The lowest BCUT2D eigenvalue weighted by atomic mass is 10.1. The van der Waals surface area contributed by atoms with Crippen LogP contribution in [-0.2, 0) is 20.7 Å². The van der Waals surface area contributed by atoms with E-state index in [-0.39, 0.29) is 36.2 Å². The number of amides is 1. The van der Waals surface area contributed by atoms with Crippen molar-refractivity contribution in [2.75, 3.05) is 11.9 Å². The Hall–Kier alpha value is -3.48. The van der Waals surface area contributed by atoms with E-state index in [2.05, 4.69) is 15.6 Å². The first-order chi connectivity index (χ1) is 14.0. The average Bonchev–Trinajstić information content (AvgIpc) is 2.86. The second kappa shape index (κ2) is 9.14. The van der Waals surface area contributed by atoms with Crippen LogP contribution >= 0.6 is 0 Å². The normalized spacial score (nSPS) is 13.0. The molecule has 150 valence electrons. The summed E-state index contributed by atoms with van der Waals surface area (Å²) in [5.74, 6) is -1.17. The molecule has 2 N–H and O–H groups in total. The van der Waals surface area contributed by atoms with Crippen molar-refractivity contribution < 1.29 is 18.7 Å². The lowest BCUT2D eigenvalue weighted by molar-refractivity contribution is -0.137. The summed E-state index contributed by atoms with van der Waals surface area (Å²) in [4.78, 5) is 29.8. The number of anilines is 1. The van der Waals surface area contributed by atoms with Gasteiger partial charge in [0.1, 0.15) is 17.2 Å². The van der Waals surface area contributed by atoms with Gasteiger partial charge in [0.25, 0.3) is 0 Å². The number of rotatable bonds is 5. The van der Waals surface area contributed by atoms with E-state index in [0.29, 0.717) is 23.4 Å². The molecule has 0 radical (unpaired) electrons. The zero-order valence-electron chi connectivity index (χ0n) is 16.3. The summed E-state index contributed by atoms with van der Waals surface area (Å²) in [6.45, 7) is 3.81. The fourth-order valence-electron chi connectivity index (χ4n) is 2.96. The number of para-hydroxylation sites is 2. The molecule has 0 saturated heterocycles. The second-order valence-corrected chi connectivity index (χ2v) is 6.38. The van der Waals surface area contributed by atoms with Crippen molar-refractivity contribution in [3.63, 3.8) is 0 Å². The van der Waals surface area contributed by atoms with Crippen molar-refractivity contribution in [3.8, 4) is 0 Å². The van der Waals surface area contributed by atoms with Crippen molar-refractivity contribution in [3.05, 3.63) is 71.2 Å². The monoisotopic (exact) mass is 395 g/mol. The molecule has 0 aliphatic carbocycles. The highest BCUT2D eigenvalue weighted by atomic mass is 19.1. The van der Waals surface area contributed by atoms with Gasteiger partial charge in [0.05, 0.1) is 24.4 Å². The Bertz CT molecular complexity index is 981. The largest absolute Gasteiger partial charge is 0.462 e. The van der Waals surface area contributed by atoms with E-state index < -0.39 is 5.97 Å². The number of nitrogens with zero attached hydrogens (tertiary/aromatic N) is 1. The third kappa shape index (κ3) is 4.87. The number of hydrogen-bond acceptors (Lipinski definition) is 5. The molecule has 0 spiro atoms. The van der Waals surface area contributed by atoms with Crippen molar-refractivity contribution in [2.45, 2.75) is 26.7 Å². The van der Waals surface area contributed by atoms with Crippen LogP contribution in [-0.4, -0.2) is 24.3 Å². The van der Waals surface area contributed by atoms with E-state index in [0.717, 1.165) is 5.69 Å². The van der Waals surface area contributed by atoms with E-state index in [1.165, 1.54) is 12.1 Å². The van der Waals surface area contributed by atoms with Gasteiger partial charge in [0.15, 0.2) is 0 Å². The first-order valence-electron chi connectivity index (χ1n) is 9.41. The SMILES string of the molecule is CCOC(=O)C1=C(CC)Nc2ccccc2N=C1NC(=O)Cc1ccc(F)cc1. The number of fused-ring (bicyclic) bond motifs is 1. The first-order valence-corrected chi connectivity index (χ1v) is 9.41. The van der Waals surface area contributed by atoms with Gasteiger partial charge in [-0.2, -0.15) is 0 Å². The molecule has 2 aromatic carbocycles. The van der Waals surface area contributed by atoms with Crippen LogP contribution < -0.4 is 10.6 Å². The van der Waals surface area contributed by atoms with Crippen molar-refractivity contribution in [2.24, 2.45) is 4.99 Å². The standard InChI is InChI=1S/C22H22FN3O3/c1-3-16-20(22(28)29-4-2)21(25-18-8-6-5-7-17(18)24-16)26-19(27)13-14-9-11-15(23)12-10-14/h5-12,24H,3-4,13H2,1-2H3,(H,25,26,27). The Morgan fingerprint density at radius 3 is 2.52 bits per heavy atom. The number of nitrogens with one attached hydrogen (secondary N) is 2. The minimum absolute atomic E-state index is 0.0198. The lowest BCUT2D eigenvalue weighted by Gasteiger charge is -2.15. The number of carbonyl (C=O) groups is 2. The van der Waals surface area contributed by atoms with Crippen LogP contribution in [0, 0.1) is 5.82 Å². The molecule has 0 fully saturated rings. The Morgan fingerprint density at radius 2 is 1.83 bits per heavy atom. The molecular formula is C22H22FN3O3. The van der Waals surface area contributed by atoms with E-state index in [9.17, 15) is 14.0 Å². The van der Waals surface area contributed by atoms with Crippen molar-refractivity contribution in [1.82, 2.24) is 5.32 Å². The fourth-order valence-corrected chi connectivity index (χ4v) is 2.96. The Balaban J connectivity index is 1.96. The molecule has 1 aliphatic heterocycles. The molecule has 2 aromatic rings. The molecular weight excluding hydrogens is 373 g/mol. The molecule has 7 heteroatoms. The number of ether oxygens (including phenoxy) is 1. The van der Waals surface area contributed by atoms with Crippen LogP contribution in [0.2, 0.25) is 0 Å².